The van der Waals surface area contributed by atoms with E-state index in [2.05, 4.69) is 25.7 Å². The summed E-state index contributed by atoms with van der Waals surface area (Å²) in [6.07, 6.45) is 4.89. The number of carbonyl (C=O) groups is 1. The number of anilines is 2. The molecule has 0 saturated carbocycles. The van der Waals surface area contributed by atoms with Gasteiger partial charge in [0.25, 0.3) is 11.5 Å². The Bertz CT molecular complexity index is 1150. The van der Waals surface area contributed by atoms with Crippen LogP contribution in [0.15, 0.2) is 69.6 Å². The zero-order chi connectivity index (χ0) is 20.1. The zero-order valence-electron chi connectivity index (χ0n) is 15.1. The summed E-state index contributed by atoms with van der Waals surface area (Å²) in [5, 5.41) is 12.4. The van der Waals surface area contributed by atoms with Crippen LogP contribution in [0.1, 0.15) is 10.5 Å². The van der Waals surface area contributed by atoms with E-state index in [1.807, 2.05) is 6.07 Å². The monoisotopic (exact) mass is 408 g/mol. The smallest absolute Gasteiger partial charge is 0.270 e. The predicted octanol–water partition coefficient (Wildman–Crippen LogP) is 2.53. The molecular weight excluding hydrogens is 392 g/mol. The highest BCUT2D eigenvalue weighted by atomic mass is 32.1. The highest BCUT2D eigenvalue weighted by Gasteiger charge is 2.11. The van der Waals surface area contributed by atoms with E-state index in [-0.39, 0.29) is 24.6 Å². The average Bonchev–Trinajstić information content (AvgIpc) is 3.42. The van der Waals surface area contributed by atoms with E-state index in [1.54, 1.807) is 42.0 Å². The number of carbonyl (C=O) groups excluding carboxylic acids is 1. The SMILES string of the molecule is O=C(NCCn1nc(-c2ccco2)ccc1=O)c1csc(Nc2cccnc2)n1. The van der Waals surface area contributed by atoms with E-state index in [0.717, 1.165) is 5.69 Å². The Morgan fingerprint density at radius 3 is 2.93 bits per heavy atom. The molecule has 0 fully saturated rings. The average molecular weight is 408 g/mol. The number of pyridine rings is 1. The molecule has 9 nitrogen and oxygen atoms in total. The maximum Gasteiger partial charge on any atom is 0.270 e. The van der Waals surface area contributed by atoms with Crippen molar-refractivity contribution < 1.29 is 9.21 Å². The van der Waals surface area contributed by atoms with Crippen LogP contribution >= 0.6 is 11.3 Å². The maximum absolute atomic E-state index is 12.3. The van der Waals surface area contributed by atoms with Crippen LogP contribution in [0, 0.1) is 0 Å². The van der Waals surface area contributed by atoms with Gasteiger partial charge in [0.05, 0.1) is 24.7 Å². The number of aromatic nitrogens is 4. The lowest BCUT2D eigenvalue weighted by atomic mass is 10.3. The molecule has 4 rings (SSSR count). The van der Waals surface area contributed by atoms with Crippen molar-refractivity contribution in [3.05, 3.63) is 76.5 Å². The summed E-state index contributed by atoms with van der Waals surface area (Å²) < 4.78 is 6.58. The summed E-state index contributed by atoms with van der Waals surface area (Å²) in [6.45, 7) is 0.459. The number of nitrogens with one attached hydrogen (secondary N) is 2. The van der Waals surface area contributed by atoms with Gasteiger partial charge in [0, 0.05) is 24.2 Å². The fraction of sp³-hybridized carbons (Fsp3) is 0.105. The number of amides is 1. The molecule has 0 aliphatic heterocycles. The van der Waals surface area contributed by atoms with Gasteiger partial charge in [-0.05, 0) is 30.3 Å². The largest absolute Gasteiger partial charge is 0.463 e. The van der Waals surface area contributed by atoms with Crippen molar-refractivity contribution in [1.82, 2.24) is 25.1 Å². The van der Waals surface area contributed by atoms with Crippen molar-refractivity contribution in [2.24, 2.45) is 0 Å². The predicted molar refractivity (Wildman–Crippen MR) is 108 cm³/mol. The Hall–Kier alpha value is -3.79. The van der Waals surface area contributed by atoms with Crippen molar-refractivity contribution in [3.63, 3.8) is 0 Å². The van der Waals surface area contributed by atoms with Gasteiger partial charge in [-0.2, -0.15) is 5.10 Å². The minimum Gasteiger partial charge on any atom is -0.463 e. The molecule has 0 spiro atoms. The fourth-order valence-corrected chi connectivity index (χ4v) is 3.24. The second-order valence-electron chi connectivity index (χ2n) is 5.92. The lowest BCUT2D eigenvalue weighted by Crippen LogP contribution is -2.32. The summed E-state index contributed by atoms with van der Waals surface area (Å²) in [7, 11) is 0. The molecule has 0 aliphatic rings. The van der Waals surface area contributed by atoms with Gasteiger partial charge in [0.1, 0.15) is 11.4 Å². The van der Waals surface area contributed by atoms with Crippen molar-refractivity contribution in [2.45, 2.75) is 6.54 Å². The zero-order valence-corrected chi connectivity index (χ0v) is 15.9. The normalized spacial score (nSPS) is 10.6. The van der Waals surface area contributed by atoms with Gasteiger partial charge < -0.3 is 15.1 Å². The van der Waals surface area contributed by atoms with Crippen LogP contribution in [0.3, 0.4) is 0 Å². The molecule has 10 heteroatoms. The molecule has 0 atom stereocenters. The number of nitrogens with zero attached hydrogens (tertiary/aromatic N) is 4. The van der Waals surface area contributed by atoms with E-state index in [1.165, 1.54) is 28.3 Å². The van der Waals surface area contributed by atoms with E-state index in [4.69, 9.17) is 4.42 Å². The first-order valence-electron chi connectivity index (χ1n) is 8.72. The molecule has 0 aromatic carbocycles. The first-order chi connectivity index (χ1) is 14.2. The van der Waals surface area contributed by atoms with Crippen LogP contribution in [0.25, 0.3) is 11.5 Å². The summed E-state index contributed by atoms with van der Waals surface area (Å²) in [6, 6.07) is 10.2. The minimum atomic E-state index is -0.323. The van der Waals surface area contributed by atoms with Gasteiger partial charge >= 0.3 is 0 Å². The van der Waals surface area contributed by atoms with Gasteiger partial charge in [-0.3, -0.25) is 14.6 Å². The Kier molecular flexibility index (Phi) is 5.43. The Morgan fingerprint density at radius 1 is 1.21 bits per heavy atom. The fourth-order valence-electron chi connectivity index (χ4n) is 2.53. The van der Waals surface area contributed by atoms with E-state index >= 15 is 0 Å². The highest BCUT2D eigenvalue weighted by molar-refractivity contribution is 7.14. The van der Waals surface area contributed by atoms with Gasteiger partial charge in [-0.1, -0.05) is 0 Å². The number of hydrogen-bond donors (Lipinski definition) is 2. The molecular formula is C19H16N6O3S. The third kappa shape index (κ3) is 4.55. The highest BCUT2D eigenvalue weighted by Crippen LogP contribution is 2.20. The number of furan rings is 1. The molecule has 1 amide bonds. The molecule has 0 radical (unpaired) electrons. The molecule has 4 aromatic heterocycles. The Balaban J connectivity index is 1.35. The standard InChI is InChI=1S/C19H16N6O3S/c26-17-6-5-14(16-4-2-10-28-16)24-25(17)9-8-21-18(27)15-12-29-19(23-15)22-13-3-1-7-20-11-13/h1-7,10-12H,8-9H2,(H,21,27)(H,22,23). The van der Waals surface area contributed by atoms with Crippen LogP contribution in [0.5, 0.6) is 0 Å². The van der Waals surface area contributed by atoms with Crippen molar-refractivity contribution in [3.8, 4) is 11.5 Å². The van der Waals surface area contributed by atoms with Gasteiger partial charge in [0.2, 0.25) is 0 Å². The van der Waals surface area contributed by atoms with Crippen molar-refractivity contribution >= 4 is 28.1 Å². The molecule has 29 heavy (non-hydrogen) atoms. The minimum absolute atomic E-state index is 0.226. The molecule has 0 bridgehead atoms. The number of hydrogen-bond acceptors (Lipinski definition) is 8. The third-order valence-corrected chi connectivity index (χ3v) is 4.66. The molecule has 0 aliphatic carbocycles. The molecule has 0 unspecified atom stereocenters. The second kappa shape index (κ2) is 8.48. The third-order valence-electron chi connectivity index (χ3n) is 3.90. The number of rotatable bonds is 7. The first-order valence-corrected chi connectivity index (χ1v) is 9.60. The van der Waals surface area contributed by atoms with Gasteiger partial charge in [-0.25, -0.2) is 9.67 Å². The first kappa shape index (κ1) is 18.6. The molecule has 146 valence electrons. The lowest BCUT2D eigenvalue weighted by molar-refractivity contribution is 0.0947. The van der Waals surface area contributed by atoms with Crippen LogP contribution < -0.4 is 16.2 Å². The molecule has 0 saturated heterocycles. The van der Waals surface area contributed by atoms with Gasteiger partial charge in [0.15, 0.2) is 10.9 Å². The van der Waals surface area contributed by atoms with Crippen LogP contribution in [0.4, 0.5) is 10.8 Å². The molecule has 4 heterocycles. The number of thiazole rings is 1. The Labute approximate surface area is 169 Å². The van der Waals surface area contributed by atoms with Gasteiger partial charge in [-0.15, -0.1) is 11.3 Å². The molecule has 4 aromatic rings. The quantitative estimate of drug-likeness (QED) is 0.483. The van der Waals surface area contributed by atoms with E-state index < -0.39 is 0 Å². The van der Waals surface area contributed by atoms with Crippen LogP contribution in [-0.4, -0.2) is 32.2 Å². The lowest BCUT2D eigenvalue weighted by Gasteiger charge is -2.07. The van der Waals surface area contributed by atoms with Crippen LogP contribution in [-0.2, 0) is 6.54 Å². The van der Waals surface area contributed by atoms with Crippen molar-refractivity contribution in [1.29, 1.82) is 0 Å². The van der Waals surface area contributed by atoms with Crippen molar-refractivity contribution in [2.75, 3.05) is 11.9 Å². The van der Waals surface area contributed by atoms with Crippen LogP contribution in [0.2, 0.25) is 0 Å². The maximum atomic E-state index is 12.3. The Morgan fingerprint density at radius 2 is 2.14 bits per heavy atom. The summed E-state index contributed by atoms with van der Waals surface area (Å²) in [4.78, 5) is 32.6. The topological polar surface area (TPSA) is 115 Å². The summed E-state index contributed by atoms with van der Waals surface area (Å²) >= 11 is 1.32. The van der Waals surface area contributed by atoms with E-state index in [9.17, 15) is 9.59 Å². The molecule has 2 N–H and O–H groups in total. The van der Waals surface area contributed by atoms with E-state index in [0.29, 0.717) is 22.3 Å². The second-order valence-corrected chi connectivity index (χ2v) is 6.78. The summed E-state index contributed by atoms with van der Waals surface area (Å²) in [5.74, 6) is 0.245. The summed E-state index contributed by atoms with van der Waals surface area (Å²) in [5.41, 5.74) is 1.37.